The summed E-state index contributed by atoms with van der Waals surface area (Å²) in [7, 11) is 3.61. The number of benzene rings is 10. The van der Waals surface area contributed by atoms with Crippen molar-refractivity contribution in [2.24, 2.45) is 22.4 Å². The number of nitrogens with two attached hydrogens (primary N) is 2. The van der Waals surface area contributed by atoms with Crippen molar-refractivity contribution in [1.82, 2.24) is 26.6 Å². The first-order valence-electron chi connectivity index (χ1n) is 43.1. The van der Waals surface area contributed by atoms with E-state index in [4.69, 9.17) is 162 Å². The second kappa shape index (κ2) is 68.4. The monoisotopic (exact) mass is 2170 g/mol. The average Bonchev–Trinajstić information content (AvgIpc) is 1.66. The Morgan fingerprint density at radius 1 is 0.408 bits per heavy atom. The van der Waals surface area contributed by atoms with Crippen LogP contribution in [-0.2, 0) is 89.5 Å². The quantitative estimate of drug-likeness (QED) is 0.00425. The first-order valence-corrected chi connectivity index (χ1v) is 46.9. The van der Waals surface area contributed by atoms with Crippen LogP contribution in [0.1, 0.15) is 68.4 Å². The molecule has 1 aliphatic heterocycles. The van der Waals surface area contributed by atoms with Gasteiger partial charge in [-0.25, -0.2) is 0 Å². The van der Waals surface area contributed by atoms with Crippen LogP contribution in [0.15, 0.2) is 212 Å². The fourth-order valence-corrected chi connectivity index (χ4v) is 14.4. The van der Waals surface area contributed by atoms with Gasteiger partial charge in [0.15, 0.2) is 0 Å². The predicted octanol–water partition coefficient (Wildman–Crippen LogP) is 14.0. The van der Waals surface area contributed by atoms with Crippen molar-refractivity contribution >= 4 is 226 Å². The van der Waals surface area contributed by atoms with Gasteiger partial charge in [0.2, 0.25) is 23.6 Å². The fourth-order valence-electron chi connectivity index (χ4n) is 11.8. The van der Waals surface area contributed by atoms with Gasteiger partial charge in [0.05, 0.1) is 149 Å². The molecule has 0 saturated heterocycles. The standard InChI is InChI=1S/C25H31Cl2N3O6.C17H18Cl2N2O2.C16H16Cl2N2O2.C14H11Cl2NO2.C14H9Cl2NO.C9H17NO5.C3H9NO.H3N2O.Na/c1-25(2,15-31)23(34)24(35)29-11-10-20(32)28-12-13-36-21(33)14-16-6-3-4-9-19(16)30-22-17(26)7-5-8-18(22)27;1-20-9-10-23-16(22)11-12-5-2-3-8-15(12)21-17-13(18)6-4-7-14(17)19;17-12-5-3-6-13(18)16(12)20-14-7-2-1-4-11(14)10-15(21)22-9-8-19;15-10-5-3-6-11(16)14(10)17-12-7-2-1-4-9(12)8-13(18)19;15-10-5-3-6-11(16)14(10)17-12-7-2-1-4-9(12)8-13(17)18;1-9(2,5-11)7(14)8(15)10-4-3-6(12)13;1-4-2-3-5;1-2-3;/h3-9,23,30-31,34H,10-15H2,1-2H3,(H,28,32)(H,29,35);2-8,20-21H,9-11H2,1H3;1-7,20H,8-10,19H2;1-7,17H,8H2,(H,18,19);1-7H,8H2;7,11,14H,3-5H2,1-2H3,(H,10,15)(H,12,13);4-5H,2-3H2,1H3;3H,1H2;/q;;;;;;;-1;+1/t23-;;;;;7-;;;/m0....0.../s1. The van der Waals surface area contributed by atoms with Crippen LogP contribution in [-0.4, -0.2) is 200 Å². The van der Waals surface area contributed by atoms with Gasteiger partial charge in [-0.05, 0) is 133 Å². The number of carboxylic acid groups (broad SMARTS) is 2. The zero-order valence-electron chi connectivity index (χ0n) is 78.6. The number of esters is 3. The molecule has 10 aromatic carbocycles. The molecule has 142 heavy (non-hydrogen) atoms. The van der Waals surface area contributed by atoms with Crippen LogP contribution < -0.4 is 93.9 Å². The van der Waals surface area contributed by atoms with Crippen molar-refractivity contribution in [2.75, 3.05) is 119 Å². The van der Waals surface area contributed by atoms with Crippen molar-refractivity contribution in [3.8, 4) is 0 Å². The molecule has 0 spiro atoms. The second-order valence-corrected chi connectivity index (χ2v) is 35.2. The Morgan fingerprint density at radius 2 is 0.711 bits per heavy atom. The van der Waals surface area contributed by atoms with E-state index >= 15 is 0 Å². The number of aliphatic hydroxyl groups excluding tert-OH is 5. The molecule has 0 aromatic heterocycles. The maximum Gasteiger partial charge on any atom is 1.00 e. The summed E-state index contributed by atoms with van der Waals surface area (Å²) in [6.07, 6.45) is -2.32. The summed E-state index contributed by atoms with van der Waals surface area (Å²) in [5, 5.41) is 100. The molecule has 0 fully saturated rings. The summed E-state index contributed by atoms with van der Waals surface area (Å²) in [5.74, 6) is -0.663. The number of likely N-dealkylation sites (N-methyl/N-ethyl adjacent to an activating group) is 2. The zero-order chi connectivity index (χ0) is 105. The number of hydrogen-bond donors (Lipinski definition) is 19. The summed E-state index contributed by atoms with van der Waals surface area (Å²) in [4.78, 5) is 106. The Balaban J connectivity index is 0.000000439. The van der Waals surface area contributed by atoms with E-state index in [1.165, 1.54) is 13.8 Å². The van der Waals surface area contributed by atoms with Gasteiger partial charge >= 0.3 is 59.4 Å². The van der Waals surface area contributed by atoms with Crippen molar-refractivity contribution < 1.29 is 128 Å². The SMILES string of the molecule is CC(C)(CO)[C@@H](O)C(=O)NCCC(=O)NCCOC(=O)Cc1ccccc1Nc1c(Cl)cccc1Cl.CC(C)(CO)[C@@H](O)C(=O)NCCC(=O)O.CNCCO.CNCCOC(=O)Cc1ccccc1Nc1c(Cl)cccc1Cl.NCCOC(=O)Cc1ccccc1Nc1c(Cl)cccc1Cl.N[N-]O.O=C(O)Cc1ccccc1Nc1c(Cl)cccc1Cl.O=C1Cc2ccccc2N1c1c(Cl)cccc1Cl.[Na+]. The maximum atomic E-state index is 12.3. The van der Waals surface area contributed by atoms with Gasteiger partial charge in [-0.1, -0.05) is 265 Å². The number of aliphatic carboxylic acids is 2. The number of nitrogens with one attached hydrogen (secondary N) is 9. The molecular weight excluding hydrogens is 2060 g/mol. The van der Waals surface area contributed by atoms with Crippen LogP contribution in [0.3, 0.4) is 0 Å². The molecule has 4 amide bonds. The van der Waals surface area contributed by atoms with Crippen molar-refractivity contribution in [1.29, 1.82) is 0 Å². The second-order valence-electron chi connectivity index (χ2n) is 31.1. The molecule has 1 heterocycles. The number of anilines is 10. The Labute approximate surface area is 895 Å². The zero-order valence-corrected chi connectivity index (χ0v) is 88.2. The summed E-state index contributed by atoms with van der Waals surface area (Å²) < 4.78 is 15.4. The molecule has 0 aliphatic carbocycles. The van der Waals surface area contributed by atoms with E-state index in [0.717, 1.165) is 33.8 Å². The summed E-state index contributed by atoms with van der Waals surface area (Å²) in [6.45, 7) is 7.96. The Morgan fingerprint density at radius 3 is 1.02 bits per heavy atom. The van der Waals surface area contributed by atoms with Crippen LogP contribution in [0.4, 0.5) is 56.9 Å². The molecule has 762 valence electrons. The molecule has 1 aliphatic rings. The Bertz CT molecular complexity index is 5590. The minimum Gasteiger partial charge on any atom is -0.488 e. The first-order chi connectivity index (χ1) is 67.2. The topological polar surface area (TPSA) is 521 Å². The average molecular weight is 2170 g/mol. The van der Waals surface area contributed by atoms with Crippen molar-refractivity contribution in [3.63, 3.8) is 0 Å². The number of rotatable bonds is 39. The smallest absolute Gasteiger partial charge is 0.488 e. The number of carboxylic acids is 2. The Hall–Kier alpha value is -9.91. The molecular formula is C98H114Cl10N13NaO20. The maximum absolute atomic E-state index is 12.3. The number of fused-ring (bicyclic) bond motifs is 1. The normalized spacial score (nSPS) is 11.3. The molecule has 2 atom stereocenters. The van der Waals surface area contributed by atoms with Gasteiger partial charge in [-0.3, -0.25) is 48.1 Å². The number of ether oxygens (including phenoxy) is 3. The molecule has 10 aromatic rings. The number of carbonyl (C=O) groups excluding carboxylic acids is 7. The van der Waals surface area contributed by atoms with Crippen LogP contribution >= 0.6 is 116 Å². The molecule has 0 radical (unpaired) electrons. The van der Waals surface area contributed by atoms with E-state index in [2.05, 4.69) is 53.7 Å². The molecule has 0 bridgehead atoms. The largest absolute Gasteiger partial charge is 1.00 e. The van der Waals surface area contributed by atoms with Gasteiger partial charge in [0, 0.05) is 72.7 Å². The first kappa shape index (κ1) is 126. The van der Waals surface area contributed by atoms with E-state index in [9.17, 15) is 58.5 Å². The number of hydrogen-bond acceptors (Lipinski definition) is 26. The number of carbonyl (C=O) groups is 9. The van der Waals surface area contributed by atoms with Gasteiger partial charge in [-0.15, -0.1) is 0 Å². The number of halogens is 10. The third kappa shape index (κ3) is 45.2. The third-order valence-electron chi connectivity index (χ3n) is 19.4. The van der Waals surface area contributed by atoms with Crippen LogP contribution in [0.25, 0.3) is 5.59 Å². The van der Waals surface area contributed by atoms with Crippen LogP contribution in [0.5, 0.6) is 0 Å². The molecule has 0 unspecified atom stereocenters. The van der Waals surface area contributed by atoms with Crippen molar-refractivity contribution in [3.05, 3.63) is 296 Å². The summed E-state index contributed by atoms with van der Waals surface area (Å²) >= 11 is 61.6. The fraction of sp³-hybridized carbons (Fsp3) is 0.296. The molecule has 44 heteroatoms. The van der Waals surface area contributed by atoms with Gasteiger partial charge in [0.25, 0.3) is 0 Å². The molecule has 21 N–H and O–H groups in total. The van der Waals surface area contributed by atoms with Crippen molar-refractivity contribution in [2.45, 2.75) is 84.8 Å². The number of nitrogens with zero attached hydrogens (tertiary/aromatic N) is 2. The third-order valence-corrected chi connectivity index (χ3v) is 22.5. The summed E-state index contributed by atoms with van der Waals surface area (Å²) in [6, 6.07) is 63.0. The van der Waals surface area contributed by atoms with E-state index in [-0.39, 0.29) is 145 Å². The van der Waals surface area contributed by atoms with Gasteiger partial charge in [-0.2, -0.15) is 0 Å². The molecule has 0 saturated carbocycles. The van der Waals surface area contributed by atoms with Crippen LogP contribution in [0.2, 0.25) is 50.2 Å². The number of aliphatic hydroxyl groups is 5. The number of para-hydroxylation sites is 10. The molecule has 33 nitrogen and oxygen atoms in total. The van der Waals surface area contributed by atoms with E-state index < -0.39 is 52.8 Å². The van der Waals surface area contributed by atoms with E-state index in [1.54, 1.807) is 160 Å². The minimum atomic E-state index is -1.40. The molecule has 11 rings (SSSR count). The van der Waals surface area contributed by atoms with E-state index in [1.807, 2.05) is 90.5 Å². The van der Waals surface area contributed by atoms with Gasteiger partial charge < -0.3 is 120 Å². The Kier molecular flexibility index (Phi) is 60.8. The number of amides is 4. The van der Waals surface area contributed by atoms with E-state index in [0.29, 0.717) is 134 Å². The summed E-state index contributed by atoms with van der Waals surface area (Å²) in [5.41, 5.74) is 16.0. The predicted molar refractivity (Wildman–Crippen MR) is 557 cm³/mol. The van der Waals surface area contributed by atoms with Gasteiger partial charge in [0.1, 0.15) is 32.0 Å². The minimum absolute atomic E-state index is 0. The van der Waals surface area contributed by atoms with Crippen LogP contribution in [0, 0.1) is 10.8 Å².